The molecular weight excluding hydrogens is 422 g/mol. The van der Waals surface area contributed by atoms with Gasteiger partial charge in [-0.05, 0) is 42.3 Å². The Balaban J connectivity index is 1.87. The summed E-state index contributed by atoms with van der Waals surface area (Å²) in [6, 6.07) is 17.4. The second-order valence-electron chi connectivity index (χ2n) is 6.20. The highest BCUT2D eigenvalue weighted by Gasteiger charge is 2.15. The van der Waals surface area contributed by atoms with Gasteiger partial charge in [-0.2, -0.15) is 5.26 Å². The number of benzene rings is 2. The normalized spacial score (nSPS) is 10.9. The molecule has 0 unspecified atom stereocenters. The average molecular weight is 436 g/mol. The molecule has 4 rings (SSSR count). The summed E-state index contributed by atoms with van der Waals surface area (Å²) in [5.41, 5.74) is 3.32. The molecule has 0 aliphatic rings. The Morgan fingerprint density at radius 2 is 2.00 bits per heavy atom. The molecule has 0 fully saturated rings. The number of hydrogen-bond acceptors (Lipinski definition) is 4. The van der Waals surface area contributed by atoms with Crippen LogP contribution in [-0.2, 0) is 6.54 Å². The Hall–Kier alpha value is -2.75. The second-order valence-corrected chi connectivity index (χ2v) is 7.97. The fourth-order valence-electron chi connectivity index (χ4n) is 3.08. The van der Waals surface area contributed by atoms with Crippen LogP contribution in [0.5, 0.6) is 0 Å². The maximum atomic E-state index is 13.3. The van der Waals surface area contributed by atoms with E-state index in [0.717, 1.165) is 26.0 Å². The van der Waals surface area contributed by atoms with Gasteiger partial charge in [0, 0.05) is 15.4 Å². The zero-order valence-electron chi connectivity index (χ0n) is 14.4. The van der Waals surface area contributed by atoms with Gasteiger partial charge in [0.1, 0.15) is 10.7 Å². The zero-order chi connectivity index (χ0) is 19.0. The smallest absolute Gasteiger partial charge is 0.263 e. The number of halogens is 1. The van der Waals surface area contributed by atoms with Gasteiger partial charge >= 0.3 is 0 Å². The zero-order valence-corrected chi connectivity index (χ0v) is 16.8. The Morgan fingerprint density at radius 3 is 2.74 bits per heavy atom. The molecule has 0 atom stereocenters. The van der Waals surface area contributed by atoms with Crippen LogP contribution in [0.2, 0.25) is 0 Å². The number of fused-ring (bicyclic) bond motifs is 1. The minimum Gasteiger partial charge on any atom is -0.292 e. The summed E-state index contributed by atoms with van der Waals surface area (Å²) in [6.07, 6.45) is 0. The van der Waals surface area contributed by atoms with Gasteiger partial charge in [-0.15, -0.1) is 11.3 Å². The third kappa shape index (κ3) is 3.32. The molecule has 0 saturated carbocycles. The standard InChI is InChI=1S/C21H14BrN3OS/c1-13-24-20-19(18(12-27-20)16-5-7-17(22)8-6-16)21(26)25(13)11-15-4-2-3-14(9-15)10-23/h2-9,12H,11H2,1H3. The predicted octanol–water partition coefficient (Wildman–Crippen LogP) is 5.12. The van der Waals surface area contributed by atoms with Crippen LogP contribution in [0.25, 0.3) is 21.3 Å². The number of aryl methyl sites for hydroxylation is 1. The lowest BCUT2D eigenvalue weighted by atomic mass is 10.1. The summed E-state index contributed by atoms with van der Waals surface area (Å²) in [5.74, 6) is 0.666. The molecule has 2 aromatic carbocycles. The number of nitrogens with zero attached hydrogens (tertiary/aromatic N) is 3. The van der Waals surface area contributed by atoms with E-state index < -0.39 is 0 Å². The number of rotatable bonds is 3. The lowest BCUT2D eigenvalue weighted by Gasteiger charge is -2.10. The van der Waals surface area contributed by atoms with Crippen molar-refractivity contribution in [3.8, 4) is 17.2 Å². The van der Waals surface area contributed by atoms with Crippen molar-refractivity contribution in [3.05, 3.63) is 85.7 Å². The maximum Gasteiger partial charge on any atom is 0.263 e. The summed E-state index contributed by atoms with van der Waals surface area (Å²) in [7, 11) is 0. The third-order valence-corrected chi connectivity index (χ3v) is 5.84. The lowest BCUT2D eigenvalue weighted by Crippen LogP contribution is -2.24. The Kier molecular flexibility index (Phi) is 4.65. The summed E-state index contributed by atoms with van der Waals surface area (Å²) in [5, 5.41) is 11.7. The van der Waals surface area contributed by atoms with Gasteiger partial charge in [-0.25, -0.2) is 4.98 Å². The van der Waals surface area contributed by atoms with Crippen molar-refractivity contribution in [3.63, 3.8) is 0 Å². The van der Waals surface area contributed by atoms with Gasteiger partial charge < -0.3 is 0 Å². The minimum absolute atomic E-state index is 0.0565. The Labute approximate surface area is 168 Å². The first-order valence-corrected chi connectivity index (χ1v) is 9.97. The van der Waals surface area contributed by atoms with Crippen molar-refractivity contribution in [1.29, 1.82) is 5.26 Å². The molecular formula is C21H14BrN3OS. The van der Waals surface area contributed by atoms with E-state index in [-0.39, 0.29) is 5.56 Å². The molecule has 0 N–H and O–H groups in total. The first kappa shape index (κ1) is 17.7. The van der Waals surface area contributed by atoms with Gasteiger partial charge in [-0.1, -0.05) is 40.2 Å². The van der Waals surface area contributed by atoms with E-state index >= 15 is 0 Å². The molecule has 4 aromatic rings. The van der Waals surface area contributed by atoms with E-state index in [0.29, 0.717) is 23.3 Å². The summed E-state index contributed by atoms with van der Waals surface area (Å²) < 4.78 is 2.67. The SMILES string of the molecule is Cc1nc2scc(-c3ccc(Br)cc3)c2c(=O)n1Cc1cccc(C#N)c1. The third-order valence-electron chi connectivity index (χ3n) is 4.44. The largest absolute Gasteiger partial charge is 0.292 e. The van der Waals surface area contributed by atoms with Crippen LogP contribution in [-0.4, -0.2) is 9.55 Å². The van der Waals surface area contributed by atoms with E-state index in [2.05, 4.69) is 27.0 Å². The topological polar surface area (TPSA) is 58.7 Å². The first-order chi connectivity index (χ1) is 13.1. The molecule has 0 spiro atoms. The van der Waals surface area contributed by atoms with Crippen LogP contribution in [0.15, 0.2) is 63.2 Å². The molecule has 0 bridgehead atoms. The van der Waals surface area contributed by atoms with Crippen molar-refractivity contribution in [2.24, 2.45) is 0 Å². The van der Waals surface area contributed by atoms with Crippen LogP contribution in [0.1, 0.15) is 17.0 Å². The van der Waals surface area contributed by atoms with Gasteiger partial charge in [0.05, 0.1) is 23.6 Å². The molecule has 0 saturated heterocycles. The molecule has 0 aliphatic heterocycles. The fourth-order valence-corrected chi connectivity index (χ4v) is 4.32. The number of thiophene rings is 1. The predicted molar refractivity (Wildman–Crippen MR) is 112 cm³/mol. The molecule has 0 amide bonds. The molecule has 0 aliphatic carbocycles. The van der Waals surface area contributed by atoms with E-state index in [4.69, 9.17) is 5.26 Å². The molecule has 2 heterocycles. The van der Waals surface area contributed by atoms with E-state index in [1.165, 1.54) is 11.3 Å². The maximum absolute atomic E-state index is 13.3. The number of nitriles is 1. The Bertz CT molecular complexity index is 1250. The fraction of sp³-hybridized carbons (Fsp3) is 0.0952. The second kappa shape index (κ2) is 7.10. The van der Waals surface area contributed by atoms with Crippen LogP contribution in [0.3, 0.4) is 0 Å². The van der Waals surface area contributed by atoms with Crippen molar-refractivity contribution < 1.29 is 0 Å². The highest BCUT2D eigenvalue weighted by atomic mass is 79.9. The first-order valence-electron chi connectivity index (χ1n) is 8.30. The van der Waals surface area contributed by atoms with Gasteiger partial charge in [0.25, 0.3) is 5.56 Å². The van der Waals surface area contributed by atoms with Gasteiger partial charge in [-0.3, -0.25) is 9.36 Å². The van der Waals surface area contributed by atoms with Crippen molar-refractivity contribution >= 4 is 37.5 Å². The van der Waals surface area contributed by atoms with Crippen molar-refractivity contribution in [2.75, 3.05) is 0 Å². The molecule has 27 heavy (non-hydrogen) atoms. The van der Waals surface area contributed by atoms with Crippen molar-refractivity contribution in [1.82, 2.24) is 9.55 Å². The molecule has 4 nitrogen and oxygen atoms in total. The lowest BCUT2D eigenvalue weighted by molar-refractivity contribution is 0.714. The quantitative estimate of drug-likeness (QED) is 0.448. The Morgan fingerprint density at radius 1 is 1.22 bits per heavy atom. The summed E-state index contributed by atoms with van der Waals surface area (Å²) in [6.45, 7) is 2.23. The van der Waals surface area contributed by atoms with E-state index in [9.17, 15) is 4.79 Å². The van der Waals surface area contributed by atoms with Crippen LogP contribution in [0, 0.1) is 18.3 Å². The van der Waals surface area contributed by atoms with E-state index in [1.807, 2.05) is 48.7 Å². The number of aromatic nitrogens is 2. The van der Waals surface area contributed by atoms with Gasteiger partial charge in [0.15, 0.2) is 0 Å². The minimum atomic E-state index is -0.0565. The molecule has 2 aromatic heterocycles. The van der Waals surface area contributed by atoms with E-state index in [1.54, 1.807) is 16.7 Å². The molecule has 0 radical (unpaired) electrons. The molecule has 6 heteroatoms. The monoisotopic (exact) mass is 435 g/mol. The van der Waals surface area contributed by atoms with Crippen LogP contribution in [0.4, 0.5) is 0 Å². The van der Waals surface area contributed by atoms with Crippen molar-refractivity contribution in [2.45, 2.75) is 13.5 Å². The van der Waals surface area contributed by atoms with Gasteiger partial charge in [0.2, 0.25) is 0 Å². The summed E-state index contributed by atoms with van der Waals surface area (Å²) >= 11 is 4.93. The van der Waals surface area contributed by atoms with Crippen LogP contribution < -0.4 is 5.56 Å². The summed E-state index contributed by atoms with van der Waals surface area (Å²) in [4.78, 5) is 18.7. The average Bonchev–Trinajstić information content (AvgIpc) is 3.09. The van der Waals surface area contributed by atoms with Crippen LogP contribution >= 0.6 is 27.3 Å². The highest BCUT2D eigenvalue weighted by Crippen LogP contribution is 2.31. The highest BCUT2D eigenvalue weighted by molar-refractivity contribution is 9.10. The molecule has 132 valence electrons. The number of hydrogen-bond donors (Lipinski definition) is 0.